The van der Waals surface area contributed by atoms with E-state index in [0.717, 1.165) is 38.1 Å². The van der Waals surface area contributed by atoms with E-state index in [1.54, 1.807) is 0 Å². The van der Waals surface area contributed by atoms with Gasteiger partial charge in [0.15, 0.2) is 0 Å². The highest BCUT2D eigenvalue weighted by molar-refractivity contribution is 5.42. The van der Waals surface area contributed by atoms with Gasteiger partial charge in [-0.15, -0.1) is 0 Å². The highest BCUT2D eigenvalue weighted by Gasteiger charge is 2.19. The molecule has 1 fully saturated rings. The lowest BCUT2D eigenvalue weighted by molar-refractivity contribution is -0.0115. The van der Waals surface area contributed by atoms with E-state index in [4.69, 9.17) is 14.7 Å². The van der Waals surface area contributed by atoms with Crippen LogP contribution in [0, 0.1) is 25.2 Å². The molecule has 4 nitrogen and oxygen atoms in total. The zero-order chi connectivity index (χ0) is 20.5. The van der Waals surface area contributed by atoms with Crippen molar-refractivity contribution in [2.75, 3.05) is 26.3 Å². The van der Waals surface area contributed by atoms with Gasteiger partial charge in [0.1, 0.15) is 5.75 Å². The van der Waals surface area contributed by atoms with Crippen molar-refractivity contribution in [1.29, 1.82) is 5.26 Å². The quantitative estimate of drug-likeness (QED) is 0.488. The van der Waals surface area contributed by atoms with E-state index >= 15 is 0 Å². The van der Waals surface area contributed by atoms with Crippen molar-refractivity contribution < 1.29 is 9.47 Å². The number of morpholine rings is 1. The number of ether oxygens (including phenoxy) is 2. The van der Waals surface area contributed by atoms with Crippen molar-refractivity contribution in [3.8, 4) is 11.8 Å². The van der Waals surface area contributed by atoms with Gasteiger partial charge >= 0.3 is 0 Å². The molecule has 2 aromatic carbocycles. The monoisotopic (exact) mass is 390 g/mol. The van der Waals surface area contributed by atoms with Crippen LogP contribution in [0.5, 0.6) is 5.75 Å². The van der Waals surface area contributed by atoms with Crippen molar-refractivity contribution in [3.05, 3.63) is 77.0 Å². The zero-order valence-electron chi connectivity index (χ0n) is 17.4. The maximum atomic E-state index is 8.73. The van der Waals surface area contributed by atoms with Gasteiger partial charge in [0.25, 0.3) is 0 Å². The van der Waals surface area contributed by atoms with E-state index < -0.39 is 0 Å². The van der Waals surface area contributed by atoms with Gasteiger partial charge in [-0.1, -0.05) is 36.4 Å². The highest BCUT2D eigenvalue weighted by atomic mass is 16.5. The Bertz CT molecular complexity index is 855. The fourth-order valence-corrected chi connectivity index (χ4v) is 3.67. The fourth-order valence-electron chi connectivity index (χ4n) is 3.67. The second-order valence-corrected chi connectivity index (χ2v) is 7.61. The summed E-state index contributed by atoms with van der Waals surface area (Å²) in [6, 6.07) is 17.0. The first-order valence-electron chi connectivity index (χ1n) is 10.3. The molecule has 1 heterocycles. The Morgan fingerprint density at radius 3 is 2.83 bits per heavy atom. The number of aryl methyl sites for hydroxylation is 2. The zero-order valence-corrected chi connectivity index (χ0v) is 17.4. The summed E-state index contributed by atoms with van der Waals surface area (Å²) < 4.78 is 12.1. The van der Waals surface area contributed by atoms with Crippen molar-refractivity contribution in [3.63, 3.8) is 0 Å². The van der Waals surface area contributed by atoms with Gasteiger partial charge < -0.3 is 14.4 Å². The van der Waals surface area contributed by atoms with E-state index in [2.05, 4.69) is 61.2 Å². The predicted octanol–water partition coefficient (Wildman–Crippen LogP) is 4.60. The molecule has 3 rings (SSSR count). The molecule has 1 unspecified atom stereocenters. The van der Waals surface area contributed by atoms with Crippen molar-refractivity contribution in [2.45, 2.75) is 39.2 Å². The Morgan fingerprint density at radius 2 is 2.03 bits per heavy atom. The molecule has 29 heavy (non-hydrogen) atoms. The van der Waals surface area contributed by atoms with Crippen molar-refractivity contribution in [2.24, 2.45) is 0 Å². The first-order valence-corrected chi connectivity index (χ1v) is 10.3. The minimum atomic E-state index is 0.125. The topological polar surface area (TPSA) is 45.5 Å². The predicted molar refractivity (Wildman–Crippen MR) is 116 cm³/mol. The minimum absolute atomic E-state index is 0.125. The second-order valence-electron chi connectivity index (χ2n) is 7.61. The normalized spacial score (nSPS) is 16.7. The molecule has 152 valence electrons. The van der Waals surface area contributed by atoms with Gasteiger partial charge in [-0.3, -0.25) is 0 Å². The number of benzene rings is 2. The molecule has 0 amide bonds. The molecule has 0 bridgehead atoms. The van der Waals surface area contributed by atoms with E-state index in [-0.39, 0.29) is 6.10 Å². The van der Waals surface area contributed by atoms with Crippen LogP contribution in [0.4, 0.5) is 0 Å². The SMILES string of the molecule is Cc1cc(CC2CN(C=CC#N)CCO2)cc(OCCCc2ccccc2)c1C. The van der Waals surface area contributed by atoms with Crippen LogP contribution in [-0.2, 0) is 17.6 Å². The summed E-state index contributed by atoms with van der Waals surface area (Å²) in [5.74, 6) is 0.977. The highest BCUT2D eigenvalue weighted by Crippen LogP contribution is 2.25. The van der Waals surface area contributed by atoms with Crippen LogP contribution in [0.15, 0.2) is 54.7 Å². The average molecular weight is 391 g/mol. The molecular weight excluding hydrogens is 360 g/mol. The third-order valence-electron chi connectivity index (χ3n) is 5.38. The first kappa shape index (κ1) is 21.0. The largest absolute Gasteiger partial charge is 0.493 e. The van der Waals surface area contributed by atoms with Crippen LogP contribution in [0.3, 0.4) is 0 Å². The Hall–Kier alpha value is -2.77. The molecule has 0 radical (unpaired) electrons. The lowest BCUT2D eigenvalue weighted by Crippen LogP contribution is -2.40. The number of rotatable bonds is 8. The summed E-state index contributed by atoms with van der Waals surface area (Å²) >= 11 is 0. The Kier molecular flexibility index (Phi) is 7.72. The van der Waals surface area contributed by atoms with E-state index in [1.807, 2.05) is 12.3 Å². The summed E-state index contributed by atoms with van der Waals surface area (Å²) in [5, 5.41) is 8.73. The summed E-state index contributed by atoms with van der Waals surface area (Å²) in [4.78, 5) is 2.15. The maximum Gasteiger partial charge on any atom is 0.122 e. The molecule has 2 aromatic rings. The van der Waals surface area contributed by atoms with Crippen LogP contribution in [0.2, 0.25) is 0 Å². The third kappa shape index (κ3) is 6.37. The average Bonchev–Trinajstić information content (AvgIpc) is 2.74. The van der Waals surface area contributed by atoms with Gasteiger partial charge in [0.2, 0.25) is 0 Å². The molecular formula is C25H30N2O2. The van der Waals surface area contributed by atoms with Gasteiger partial charge in [0, 0.05) is 31.8 Å². The Morgan fingerprint density at radius 1 is 1.21 bits per heavy atom. The van der Waals surface area contributed by atoms with Gasteiger partial charge in [-0.05, 0) is 55.0 Å². The maximum absolute atomic E-state index is 8.73. The van der Waals surface area contributed by atoms with Gasteiger partial charge in [0.05, 0.1) is 25.4 Å². The number of hydrogen-bond acceptors (Lipinski definition) is 4. The third-order valence-corrected chi connectivity index (χ3v) is 5.38. The van der Waals surface area contributed by atoms with Crippen molar-refractivity contribution >= 4 is 0 Å². The lowest BCUT2D eigenvalue weighted by atomic mass is 10.00. The van der Waals surface area contributed by atoms with E-state index in [1.165, 1.54) is 28.3 Å². The summed E-state index contributed by atoms with van der Waals surface area (Å²) in [7, 11) is 0. The van der Waals surface area contributed by atoms with Crippen LogP contribution >= 0.6 is 0 Å². The molecule has 0 spiro atoms. The fraction of sp³-hybridized carbons (Fsp3) is 0.400. The minimum Gasteiger partial charge on any atom is -0.493 e. The number of hydrogen-bond donors (Lipinski definition) is 0. The molecule has 0 N–H and O–H groups in total. The molecule has 1 aliphatic rings. The molecule has 0 aliphatic carbocycles. The Labute approximate surface area is 174 Å². The smallest absolute Gasteiger partial charge is 0.122 e. The summed E-state index contributed by atoms with van der Waals surface area (Å²) in [6.07, 6.45) is 6.38. The number of nitriles is 1. The van der Waals surface area contributed by atoms with Crippen LogP contribution in [0.25, 0.3) is 0 Å². The van der Waals surface area contributed by atoms with Crippen LogP contribution < -0.4 is 4.74 Å². The standard InChI is InChI=1S/C25H30N2O2/c1-20-16-23(17-24-19-27(12-7-11-26)13-15-28-24)18-25(21(20)2)29-14-6-10-22-8-4-3-5-9-22/h3-5,7-9,12,16,18,24H,6,10,13-15,17,19H2,1-2H3. The number of allylic oxidation sites excluding steroid dienone is 1. The Balaban J connectivity index is 1.57. The lowest BCUT2D eigenvalue weighted by Gasteiger charge is -2.32. The number of nitrogens with zero attached hydrogens (tertiary/aromatic N) is 2. The molecule has 0 aromatic heterocycles. The molecule has 1 atom stereocenters. The molecule has 1 aliphatic heterocycles. The second kappa shape index (κ2) is 10.7. The van der Waals surface area contributed by atoms with Gasteiger partial charge in [-0.2, -0.15) is 5.26 Å². The summed E-state index contributed by atoms with van der Waals surface area (Å²) in [6.45, 7) is 7.30. The summed E-state index contributed by atoms with van der Waals surface area (Å²) in [5.41, 5.74) is 5.04. The molecule has 4 heteroatoms. The molecule has 0 saturated carbocycles. The van der Waals surface area contributed by atoms with Crippen LogP contribution in [0.1, 0.15) is 28.7 Å². The van der Waals surface area contributed by atoms with Crippen molar-refractivity contribution in [1.82, 2.24) is 4.90 Å². The molecule has 1 saturated heterocycles. The van der Waals surface area contributed by atoms with Crippen LogP contribution in [-0.4, -0.2) is 37.3 Å². The van der Waals surface area contributed by atoms with E-state index in [0.29, 0.717) is 13.2 Å². The first-order chi connectivity index (χ1) is 14.2. The van der Waals surface area contributed by atoms with Gasteiger partial charge in [-0.25, -0.2) is 0 Å². The van der Waals surface area contributed by atoms with E-state index in [9.17, 15) is 0 Å².